The number of hydrogen-bond donors (Lipinski definition) is 1. The minimum atomic E-state index is -0.721. The smallest absolute Gasteiger partial charge is 0.236 e. The summed E-state index contributed by atoms with van der Waals surface area (Å²) < 4.78 is 34.2. The molecule has 0 unspecified atom stereocenters. The van der Waals surface area contributed by atoms with E-state index in [9.17, 15) is 18.4 Å². The molecule has 1 N–H and O–H groups in total. The Bertz CT molecular complexity index is 984. The molecule has 2 atom stereocenters. The molecule has 1 aliphatic carbocycles. The summed E-state index contributed by atoms with van der Waals surface area (Å²) in [6.45, 7) is 3.97. The van der Waals surface area contributed by atoms with Crippen LogP contribution in [0.15, 0.2) is 42.5 Å². The summed E-state index contributed by atoms with van der Waals surface area (Å²) in [7, 11) is 0. The Morgan fingerprint density at radius 2 is 1.73 bits per heavy atom. The van der Waals surface area contributed by atoms with Crippen LogP contribution < -0.4 is 10.1 Å². The first-order valence-electron chi connectivity index (χ1n) is 10.8. The van der Waals surface area contributed by atoms with Crippen LogP contribution in [0, 0.1) is 11.6 Å². The molecule has 1 saturated heterocycles. The first-order valence-corrected chi connectivity index (χ1v) is 10.8. The van der Waals surface area contributed by atoms with Crippen molar-refractivity contribution in [2.45, 2.75) is 31.9 Å². The lowest BCUT2D eigenvalue weighted by Gasteiger charge is -2.34. The molecule has 0 spiro atoms. The number of nitrogens with one attached hydrogen (secondary N) is 1. The summed E-state index contributed by atoms with van der Waals surface area (Å²) in [5.41, 5.74) is 1.38. The number of benzene rings is 2. The van der Waals surface area contributed by atoms with Gasteiger partial charge in [-0.3, -0.25) is 9.59 Å². The maximum atomic E-state index is 14.5. The number of nitrogens with zero attached hydrogens (tertiary/aromatic N) is 2. The highest BCUT2D eigenvalue weighted by atomic mass is 35.5. The van der Waals surface area contributed by atoms with Gasteiger partial charge in [0.15, 0.2) is 11.6 Å². The zero-order valence-electron chi connectivity index (χ0n) is 18.4. The van der Waals surface area contributed by atoms with Crippen LogP contribution in [0.3, 0.4) is 0 Å². The molecule has 2 fully saturated rings. The molecule has 1 heterocycles. The topological polar surface area (TPSA) is 61.9 Å². The number of halogens is 3. The van der Waals surface area contributed by atoms with Crippen molar-refractivity contribution in [3.05, 3.63) is 65.2 Å². The molecule has 2 amide bonds. The number of rotatable bonds is 7. The second kappa shape index (κ2) is 10.9. The second-order valence-corrected chi connectivity index (χ2v) is 8.30. The molecular formula is C24H28ClF2N3O3. The monoisotopic (exact) mass is 479 g/mol. The molecule has 1 aliphatic heterocycles. The highest BCUT2D eigenvalue weighted by Crippen LogP contribution is 2.46. The summed E-state index contributed by atoms with van der Waals surface area (Å²) in [6, 6.07) is 11.5. The Labute approximate surface area is 198 Å². The lowest BCUT2D eigenvalue weighted by atomic mass is 10.1. The molecule has 1 saturated carbocycles. The van der Waals surface area contributed by atoms with Gasteiger partial charge in [-0.05, 0) is 18.1 Å². The van der Waals surface area contributed by atoms with Crippen LogP contribution >= 0.6 is 12.4 Å². The predicted octanol–water partition coefficient (Wildman–Crippen LogP) is 3.10. The quantitative estimate of drug-likeness (QED) is 0.663. The molecule has 9 heteroatoms. The van der Waals surface area contributed by atoms with Gasteiger partial charge < -0.3 is 19.9 Å². The highest BCUT2D eigenvalue weighted by Gasteiger charge is 2.41. The normalized spacial score (nSPS) is 19.6. The van der Waals surface area contributed by atoms with E-state index < -0.39 is 11.6 Å². The molecule has 2 aromatic carbocycles. The van der Waals surface area contributed by atoms with E-state index in [0.717, 1.165) is 11.6 Å². The Balaban J connectivity index is 0.00000306. The van der Waals surface area contributed by atoms with E-state index in [1.165, 1.54) is 13.0 Å². The van der Waals surface area contributed by atoms with E-state index in [1.807, 2.05) is 30.3 Å². The van der Waals surface area contributed by atoms with Crippen LogP contribution in [-0.4, -0.2) is 60.4 Å². The van der Waals surface area contributed by atoms with E-state index in [0.29, 0.717) is 38.2 Å². The van der Waals surface area contributed by atoms with E-state index in [2.05, 4.69) is 5.32 Å². The molecule has 178 valence electrons. The third-order valence-electron chi connectivity index (χ3n) is 6.05. The van der Waals surface area contributed by atoms with Gasteiger partial charge in [0, 0.05) is 56.7 Å². The number of hydrogen-bond acceptors (Lipinski definition) is 4. The number of carbonyl (C=O) groups is 2. The van der Waals surface area contributed by atoms with Gasteiger partial charge in [0.2, 0.25) is 11.8 Å². The average Bonchev–Trinajstić information content (AvgIpc) is 3.57. The summed E-state index contributed by atoms with van der Waals surface area (Å²) in [4.78, 5) is 27.4. The summed E-state index contributed by atoms with van der Waals surface area (Å²) in [6.07, 6.45) is 0.677. The van der Waals surface area contributed by atoms with Crippen LogP contribution in [0.5, 0.6) is 5.75 Å². The van der Waals surface area contributed by atoms with Gasteiger partial charge in [0.05, 0.1) is 6.54 Å². The molecule has 33 heavy (non-hydrogen) atoms. The first kappa shape index (κ1) is 24.9. The Kier molecular flexibility index (Phi) is 8.26. The van der Waals surface area contributed by atoms with Crippen LogP contribution in [0.4, 0.5) is 8.78 Å². The lowest BCUT2D eigenvalue weighted by Crippen LogP contribution is -2.52. The molecule has 0 radical (unpaired) electrons. The molecule has 6 nitrogen and oxygen atoms in total. The van der Waals surface area contributed by atoms with Crippen molar-refractivity contribution in [3.8, 4) is 5.75 Å². The maximum absolute atomic E-state index is 14.5. The fraction of sp³-hybridized carbons (Fsp3) is 0.417. The van der Waals surface area contributed by atoms with Gasteiger partial charge in [-0.1, -0.05) is 30.3 Å². The van der Waals surface area contributed by atoms with Gasteiger partial charge in [-0.25, -0.2) is 8.78 Å². The molecule has 4 rings (SSSR count). The fourth-order valence-corrected chi connectivity index (χ4v) is 4.10. The van der Waals surface area contributed by atoms with Gasteiger partial charge >= 0.3 is 0 Å². The van der Waals surface area contributed by atoms with E-state index >= 15 is 0 Å². The molecule has 2 aromatic rings. The van der Waals surface area contributed by atoms with Gasteiger partial charge in [0.25, 0.3) is 0 Å². The minimum absolute atomic E-state index is 0. The number of ether oxygens (including phenoxy) is 1. The zero-order valence-corrected chi connectivity index (χ0v) is 19.2. The van der Waals surface area contributed by atoms with Crippen molar-refractivity contribution in [1.82, 2.24) is 15.1 Å². The predicted molar refractivity (Wildman–Crippen MR) is 122 cm³/mol. The van der Waals surface area contributed by atoms with E-state index in [1.54, 1.807) is 9.80 Å². The van der Waals surface area contributed by atoms with Crippen molar-refractivity contribution in [3.63, 3.8) is 0 Å². The third kappa shape index (κ3) is 6.21. The molecular weight excluding hydrogens is 452 g/mol. The summed E-state index contributed by atoms with van der Waals surface area (Å²) >= 11 is 0. The van der Waals surface area contributed by atoms with E-state index in [4.69, 9.17) is 4.74 Å². The van der Waals surface area contributed by atoms with Crippen molar-refractivity contribution >= 4 is 24.2 Å². The highest BCUT2D eigenvalue weighted by molar-refractivity contribution is 5.85. The SMILES string of the molecule is CC(=O)N1CCN(C(=O)CN[C@@H]2C[C@H]2c2cc(F)cc(F)c2OCc2ccccc2)CC1.Cl. The van der Waals surface area contributed by atoms with Crippen molar-refractivity contribution < 1.29 is 23.1 Å². The fourth-order valence-electron chi connectivity index (χ4n) is 4.10. The standard InChI is InChI=1S/C24H27F2N3O3.ClH/c1-16(30)28-7-9-29(10-8-28)23(31)14-27-22-13-19(22)20-11-18(25)12-21(26)24(20)32-15-17-5-3-2-4-6-17;/h2-6,11-12,19,22,27H,7-10,13-15H2,1H3;1H/t19-,22+;/m0./s1. The molecule has 2 aliphatic rings. The van der Waals surface area contributed by atoms with Crippen LogP contribution in [-0.2, 0) is 16.2 Å². The van der Waals surface area contributed by atoms with Gasteiger partial charge in [-0.2, -0.15) is 0 Å². The zero-order chi connectivity index (χ0) is 22.7. The number of carbonyl (C=O) groups excluding carboxylic acids is 2. The average molecular weight is 480 g/mol. The lowest BCUT2D eigenvalue weighted by molar-refractivity contribution is -0.137. The maximum Gasteiger partial charge on any atom is 0.236 e. The number of piperazine rings is 1. The number of amides is 2. The Hall–Kier alpha value is -2.71. The van der Waals surface area contributed by atoms with Crippen molar-refractivity contribution in [2.75, 3.05) is 32.7 Å². The molecule has 0 aromatic heterocycles. The summed E-state index contributed by atoms with van der Waals surface area (Å²) in [5, 5.41) is 3.20. The Morgan fingerprint density at radius 1 is 1.06 bits per heavy atom. The van der Waals surface area contributed by atoms with Crippen LogP contribution in [0.1, 0.15) is 30.4 Å². The Morgan fingerprint density at radius 3 is 2.39 bits per heavy atom. The van der Waals surface area contributed by atoms with Crippen molar-refractivity contribution in [1.29, 1.82) is 0 Å². The summed E-state index contributed by atoms with van der Waals surface area (Å²) in [5.74, 6) is -1.44. The first-order chi connectivity index (χ1) is 15.4. The van der Waals surface area contributed by atoms with Crippen LogP contribution in [0.25, 0.3) is 0 Å². The third-order valence-corrected chi connectivity index (χ3v) is 6.05. The second-order valence-electron chi connectivity index (χ2n) is 8.30. The van der Waals surface area contributed by atoms with Gasteiger partial charge in [0.1, 0.15) is 12.4 Å². The minimum Gasteiger partial charge on any atom is -0.486 e. The van der Waals surface area contributed by atoms with Crippen LogP contribution in [0.2, 0.25) is 0 Å². The van der Waals surface area contributed by atoms with Gasteiger partial charge in [-0.15, -0.1) is 12.4 Å². The molecule has 0 bridgehead atoms. The largest absolute Gasteiger partial charge is 0.486 e. The van der Waals surface area contributed by atoms with E-state index in [-0.39, 0.29) is 55.1 Å². The van der Waals surface area contributed by atoms with Crippen molar-refractivity contribution in [2.24, 2.45) is 0 Å².